The summed E-state index contributed by atoms with van der Waals surface area (Å²) in [6.07, 6.45) is 4.47. The van der Waals surface area contributed by atoms with Crippen molar-refractivity contribution >= 4 is 5.91 Å². The van der Waals surface area contributed by atoms with Gasteiger partial charge in [0.1, 0.15) is 12.4 Å². The van der Waals surface area contributed by atoms with Crippen molar-refractivity contribution < 1.29 is 9.53 Å². The van der Waals surface area contributed by atoms with E-state index in [1.54, 1.807) is 0 Å². The molecule has 2 aromatic rings. The van der Waals surface area contributed by atoms with Gasteiger partial charge in [0, 0.05) is 37.3 Å². The predicted octanol–water partition coefficient (Wildman–Crippen LogP) is 3.75. The van der Waals surface area contributed by atoms with Crippen molar-refractivity contribution in [1.29, 1.82) is 0 Å². The number of rotatable bonds is 5. The highest BCUT2D eigenvalue weighted by Gasteiger charge is 2.22. The Kier molecular flexibility index (Phi) is 5.73. The second-order valence-corrected chi connectivity index (χ2v) is 7.54. The molecule has 0 aliphatic carbocycles. The molecule has 2 heterocycles. The zero-order valence-electron chi connectivity index (χ0n) is 15.9. The molecule has 1 saturated heterocycles. The lowest BCUT2D eigenvalue weighted by Gasteiger charge is -2.20. The maximum Gasteiger partial charge on any atom is 0.253 e. The molecule has 142 valence electrons. The van der Waals surface area contributed by atoms with Crippen molar-refractivity contribution in [2.45, 2.75) is 32.2 Å². The van der Waals surface area contributed by atoms with Crippen LogP contribution >= 0.6 is 0 Å². The third kappa shape index (κ3) is 4.51. The van der Waals surface area contributed by atoms with Crippen LogP contribution in [0.15, 0.2) is 48.5 Å². The number of hydrogen-bond acceptors (Lipinski definition) is 3. The van der Waals surface area contributed by atoms with Gasteiger partial charge < -0.3 is 9.64 Å². The van der Waals surface area contributed by atoms with Crippen LogP contribution in [0, 0.1) is 0 Å². The van der Waals surface area contributed by atoms with Gasteiger partial charge in [-0.1, -0.05) is 30.3 Å². The van der Waals surface area contributed by atoms with E-state index in [9.17, 15) is 4.79 Å². The van der Waals surface area contributed by atoms with Crippen LogP contribution in [-0.2, 0) is 13.0 Å². The van der Waals surface area contributed by atoms with Gasteiger partial charge in [0.2, 0.25) is 0 Å². The number of carbonyl (C=O) groups is 1. The number of ether oxygens (including phenoxy) is 1. The third-order valence-corrected chi connectivity index (χ3v) is 5.54. The molecule has 4 nitrogen and oxygen atoms in total. The van der Waals surface area contributed by atoms with E-state index in [2.05, 4.69) is 35.2 Å². The van der Waals surface area contributed by atoms with Gasteiger partial charge in [-0.15, -0.1) is 0 Å². The number of aryl methyl sites for hydroxylation is 1. The molecule has 4 rings (SSSR count). The molecule has 0 N–H and O–H groups in total. The van der Waals surface area contributed by atoms with E-state index < -0.39 is 0 Å². The first-order valence-electron chi connectivity index (χ1n) is 10.1. The Labute approximate surface area is 161 Å². The molecule has 4 heteroatoms. The van der Waals surface area contributed by atoms with Gasteiger partial charge in [-0.2, -0.15) is 0 Å². The fourth-order valence-electron chi connectivity index (χ4n) is 4.03. The Bertz CT molecular complexity index is 769. The molecular formula is C23H28N2O2. The maximum atomic E-state index is 12.7. The molecule has 0 radical (unpaired) electrons. The molecule has 2 aromatic carbocycles. The van der Waals surface area contributed by atoms with Crippen molar-refractivity contribution in [2.75, 3.05) is 32.8 Å². The normalized spacial score (nSPS) is 17.3. The predicted molar refractivity (Wildman–Crippen MR) is 107 cm³/mol. The number of amides is 1. The fourth-order valence-corrected chi connectivity index (χ4v) is 4.03. The van der Waals surface area contributed by atoms with Crippen molar-refractivity contribution in [3.8, 4) is 5.75 Å². The summed E-state index contributed by atoms with van der Waals surface area (Å²) in [6, 6.07) is 16.6. The number of nitrogens with zero attached hydrogens (tertiary/aromatic N) is 2. The van der Waals surface area contributed by atoms with Gasteiger partial charge >= 0.3 is 0 Å². The molecule has 2 aliphatic rings. The highest BCUT2D eigenvalue weighted by Crippen LogP contribution is 2.26. The van der Waals surface area contributed by atoms with Gasteiger partial charge in [-0.25, -0.2) is 0 Å². The lowest BCUT2D eigenvalue weighted by molar-refractivity contribution is 0.0792. The van der Waals surface area contributed by atoms with E-state index in [4.69, 9.17) is 4.74 Å². The first-order valence-corrected chi connectivity index (χ1v) is 10.1. The zero-order chi connectivity index (χ0) is 18.5. The SMILES string of the molecule is O=C(c1ccc2c(c1)CN(CCCc1ccccc1)CCO2)N1CCCC1. The molecular weight excluding hydrogens is 336 g/mol. The van der Waals surface area contributed by atoms with E-state index in [0.717, 1.165) is 75.3 Å². The number of hydrogen-bond donors (Lipinski definition) is 0. The summed E-state index contributed by atoms with van der Waals surface area (Å²) in [5, 5.41) is 0. The molecule has 27 heavy (non-hydrogen) atoms. The lowest BCUT2D eigenvalue weighted by Crippen LogP contribution is -2.28. The average molecular weight is 364 g/mol. The summed E-state index contributed by atoms with van der Waals surface area (Å²) in [5.41, 5.74) is 3.32. The minimum atomic E-state index is 0.162. The van der Waals surface area contributed by atoms with Crippen LogP contribution in [0.5, 0.6) is 5.75 Å². The molecule has 0 unspecified atom stereocenters. The summed E-state index contributed by atoms with van der Waals surface area (Å²) >= 11 is 0. The van der Waals surface area contributed by atoms with E-state index in [-0.39, 0.29) is 5.91 Å². The Balaban J connectivity index is 1.39. The van der Waals surface area contributed by atoms with E-state index in [1.807, 2.05) is 23.1 Å². The smallest absolute Gasteiger partial charge is 0.253 e. The first-order chi connectivity index (χ1) is 13.3. The van der Waals surface area contributed by atoms with Crippen LogP contribution in [0.4, 0.5) is 0 Å². The van der Waals surface area contributed by atoms with Gasteiger partial charge in [0.15, 0.2) is 0 Å². The average Bonchev–Trinajstić information content (AvgIpc) is 3.16. The summed E-state index contributed by atoms with van der Waals surface area (Å²) in [5.74, 6) is 1.09. The van der Waals surface area contributed by atoms with Crippen molar-refractivity contribution in [3.63, 3.8) is 0 Å². The topological polar surface area (TPSA) is 32.8 Å². The summed E-state index contributed by atoms with van der Waals surface area (Å²) in [6.45, 7) is 5.31. The second kappa shape index (κ2) is 8.57. The van der Waals surface area contributed by atoms with E-state index in [1.165, 1.54) is 5.56 Å². The number of carbonyl (C=O) groups excluding carboxylic acids is 1. The largest absolute Gasteiger partial charge is 0.492 e. The molecule has 1 fully saturated rings. The quantitative estimate of drug-likeness (QED) is 0.810. The van der Waals surface area contributed by atoms with Gasteiger partial charge in [0.05, 0.1) is 0 Å². The Morgan fingerprint density at radius 3 is 2.63 bits per heavy atom. The highest BCUT2D eigenvalue weighted by molar-refractivity contribution is 5.94. The Morgan fingerprint density at radius 2 is 1.81 bits per heavy atom. The molecule has 2 aliphatic heterocycles. The summed E-state index contributed by atoms with van der Waals surface area (Å²) in [4.78, 5) is 17.1. The van der Waals surface area contributed by atoms with Gasteiger partial charge in [0.25, 0.3) is 5.91 Å². The lowest BCUT2D eigenvalue weighted by atomic mass is 10.1. The highest BCUT2D eigenvalue weighted by atomic mass is 16.5. The molecule has 0 spiro atoms. The van der Waals surface area contributed by atoms with Crippen molar-refractivity contribution in [3.05, 3.63) is 65.2 Å². The minimum absolute atomic E-state index is 0.162. The fraction of sp³-hybridized carbons (Fsp3) is 0.435. The first kappa shape index (κ1) is 18.1. The van der Waals surface area contributed by atoms with Crippen LogP contribution in [0.3, 0.4) is 0 Å². The third-order valence-electron chi connectivity index (χ3n) is 5.54. The maximum absolute atomic E-state index is 12.7. The Hall–Kier alpha value is -2.33. The molecule has 0 atom stereocenters. The van der Waals surface area contributed by atoms with Crippen LogP contribution in [0.2, 0.25) is 0 Å². The van der Waals surface area contributed by atoms with Crippen LogP contribution < -0.4 is 4.74 Å². The van der Waals surface area contributed by atoms with Crippen LogP contribution in [0.25, 0.3) is 0 Å². The second-order valence-electron chi connectivity index (χ2n) is 7.54. The monoisotopic (exact) mass is 364 g/mol. The molecule has 0 aromatic heterocycles. The standard InChI is InChI=1S/C23H28N2O2/c26-23(25-13-4-5-14-25)20-10-11-22-21(17-20)18-24(15-16-27-22)12-6-9-19-7-2-1-3-8-19/h1-3,7-8,10-11,17H,4-6,9,12-16,18H2. The molecule has 0 bridgehead atoms. The number of benzene rings is 2. The van der Waals surface area contributed by atoms with Crippen LogP contribution in [0.1, 0.15) is 40.7 Å². The van der Waals surface area contributed by atoms with Crippen molar-refractivity contribution in [2.24, 2.45) is 0 Å². The van der Waals surface area contributed by atoms with E-state index >= 15 is 0 Å². The summed E-state index contributed by atoms with van der Waals surface area (Å²) in [7, 11) is 0. The zero-order valence-corrected chi connectivity index (χ0v) is 15.9. The number of likely N-dealkylation sites (tertiary alicyclic amines) is 1. The Morgan fingerprint density at radius 1 is 1.00 bits per heavy atom. The molecule has 0 saturated carbocycles. The summed E-state index contributed by atoms with van der Waals surface area (Å²) < 4.78 is 5.94. The van der Waals surface area contributed by atoms with Crippen molar-refractivity contribution in [1.82, 2.24) is 9.80 Å². The number of fused-ring (bicyclic) bond motifs is 1. The molecule has 1 amide bonds. The van der Waals surface area contributed by atoms with Crippen LogP contribution in [-0.4, -0.2) is 48.5 Å². The van der Waals surface area contributed by atoms with Gasteiger partial charge in [-0.05, 0) is 56.0 Å². The van der Waals surface area contributed by atoms with E-state index in [0.29, 0.717) is 6.61 Å². The minimum Gasteiger partial charge on any atom is -0.492 e. The van der Waals surface area contributed by atoms with Gasteiger partial charge in [-0.3, -0.25) is 9.69 Å².